The molecule has 0 aromatic heterocycles. The van der Waals surface area contributed by atoms with Crippen molar-refractivity contribution in [2.45, 2.75) is 13.0 Å². The molecule has 5 heteroatoms. The molecule has 3 rings (SSSR count). The van der Waals surface area contributed by atoms with Crippen LogP contribution in [0.3, 0.4) is 0 Å². The third kappa shape index (κ3) is 2.45. The summed E-state index contributed by atoms with van der Waals surface area (Å²) in [6, 6.07) is 6.15. The lowest BCUT2D eigenvalue weighted by atomic mass is 10.1. The van der Waals surface area contributed by atoms with E-state index < -0.39 is 0 Å². The second kappa shape index (κ2) is 5.32. The van der Waals surface area contributed by atoms with E-state index >= 15 is 0 Å². The van der Waals surface area contributed by atoms with E-state index in [2.05, 4.69) is 29.5 Å². The molecule has 1 atom stereocenters. The molecule has 1 fully saturated rings. The van der Waals surface area contributed by atoms with E-state index in [1.54, 1.807) is 0 Å². The van der Waals surface area contributed by atoms with Crippen LogP contribution in [0.5, 0.6) is 0 Å². The van der Waals surface area contributed by atoms with Crippen LogP contribution in [0.1, 0.15) is 17.3 Å². The second-order valence-electron chi connectivity index (χ2n) is 5.72. The Morgan fingerprint density at radius 2 is 1.95 bits per heavy atom. The number of rotatable bonds is 1. The van der Waals surface area contributed by atoms with E-state index in [9.17, 15) is 4.79 Å². The molecule has 2 N–H and O–H groups in total. The molecule has 108 valence electrons. The number of fused-ring (bicyclic) bond motifs is 1. The first-order chi connectivity index (χ1) is 9.65. The number of likely N-dealkylation sites (N-methyl/N-ethyl adjacent to an activating group) is 1. The van der Waals surface area contributed by atoms with Crippen LogP contribution in [0, 0.1) is 0 Å². The van der Waals surface area contributed by atoms with Crippen LogP contribution in [0.15, 0.2) is 18.2 Å². The highest BCUT2D eigenvalue weighted by Gasteiger charge is 2.27. The minimum Gasteiger partial charge on any atom is -0.382 e. The molecule has 1 amide bonds. The average molecular weight is 274 g/mol. The molecule has 2 aliphatic rings. The first kappa shape index (κ1) is 13.2. The fourth-order valence-electron chi connectivity index (χ4n) is 2.98. The molecule has 0 spiro atoms. The van der Waals surface area contributed by atoms with Crippen molar-refractivity contribution in [3.8, 4) is 0 Å². The van der Waals surface area contributed by atoms with Crippen molar-refractivity contribution in [3.63, 3.8) is 0 Å². The summed E-state index contributed by atoms with van der Waals surface area (Å²) in [6.07, 6.45) is 0. The van der Waals surface area contributed by atoms with Crippen molar-refractivity contribution < 1.29 is 4.79 Å². The zero-order valence-corrected chi connectivity index (χ0v) is 12.1. The highest BCUT2D eigenvalue weighted by atomic mass is 16.2. The number of nitrogens with zero attached hydrogens (tertiary/aromatic N) is 2. The van der Waals surface area contributed by atoms with Gasteiger partial charge in [0.25, 0.3) is 5.91 Å². The maximum atomic E-state index is 12.7. The van der Waals surface area contributed by atoms with Gasteiger partial charge in [0, 0.05) is 44.3 Å². The number of nitrogens with one attached hydrogen (secondary N) is 2. The molecule has 0 aliphatic carbocycles. The number of carbonyl (C=O) groups is 1. The topological polar surface area (TPSA) is 47.6 Å². The van der Waals surface area contributed by atoms with Gasteiger partial charge in [-0.15, -0.1) is 0 Å². The smallest absolute Gasteiger partial charge is 0.254 e. The maximum absolute atomic E-state index is 12.7. The molecule has 1 unspecified atom stereocenters. The average Bonchev–Trinajstić information content (AvgIpc) is 2.46. The van der Waals surface area contributed by atoms with Crippen molar-refractivity contribution in [2.24, 2.45) is 0 Å². The van der Waals surface area contributed by atoms with Crippen molar-refractivity contribution in [1.29, 1.82) is 0 Å². The molecule has 20 heavy (non-hydrogen) atoms. The fourth-order valence-corrected chi connectivity index (χ4v) is 2.98. The van der Waals surface area contributed by atoms with Crippen molar-refractivity contribution in [1.82, 2.24) is 9.80 Å². The first-order valence-corrected chi connectivity index (χ1v) is 7.26. The Kier molecular flexibility index (Phi) is 3.53. The van der Waals surface area contributed by atoms with Crippen LogP contribution in [0.2, 0.25) is 0 Å². The standard InChI is InChI=1S/C15H22N4O/c1-11-10-18(2)7-8-19(11)15(20)12-3-4-13-14(9-12)17-6-5-16-13/h3-4,9,11,16-17H,5-8,10H2,1-2H3. The van der Waals surface area contributed by atoms with E-state index in [-0.39, 0.29) is 11.9 Å². The largest absolute Gasteiger partial charge is 0.382 e. The molecule has 5 nitrogen and oxygen atoms in total. The quantitative estimate of drug-likeness (QED) is 0.810. The summed E-state index contributed by atoms with van der Waals surface area (Å²) in [7, 11) is 2.10. The monoisotopic (exact) mass is 274 g/mol. The van der Waals surface area contributed by atoms with E-state index in [4.69, 9.17) is 0 Å². The van der Waals surface area contributed by atoms with Gasteiger partial charge in [-0.3, -0.25) is 4.79 Å². The van der Waals surface area contributed by atoms with Crippen molar-refractivity contribution >= 4 is 17.3 Å². The van der Waals surface area contributed by atoms with Gasteiger partial charge in [0.05, 0.1) is 11.4 Å². The Morgan fingerprint density at radius 3 is 2.70 bits per heavy atom. The predicted octanol–water partition coefficient (Wildman–Crippen LogP) is 1.30. The number of piperazine rings is 1. The Bertz CT molecular complexity index is 517. The lowest BCUT2D eigenvalue weighted by molar-refractivity contribution is 0.0533. The van der Waals surface area contributed by atoms with Gasteiger partial charge in [0.1, 0.15) is 0 Å². The van der Waals surface area contributed by atoms with E-state index in [1.807, 2.05) is 23.1 Å². The SMILES string of the molecule is CC1CN(C)CCN1C(=O)c1ccc2c(c1)NCCN2. The molecular formula is C15H22N4O. The van der Waals surface area contributed by atoms with Crippen LogP contribution in [-0.4, -0.2) is 61.5 Å². The highest BCUT2D eigenvalue weighted by molar-refractivity contribution is 5.96. The molecule has 1 aromatic carbocycles. The summed E-state index contributed by atoms with van der Waals surface area (Å²) in [5, 5.41) is 6.67. The Morgan fingerprint density at radius 1 is 1.20 bits per heavy atom. The summed E-state index contributed by atoms with van der Waals surface area (Å²) >= 11 is 0. The molecular weight excluding hydrogens is 252 g/mol. The van der Waals surface area contributed by atoms with Crippen LogP contribution >= 0.6 is 0 Å². The zero-order valence-electron chi connectivity index (χ0n) is 12.1. The third-order valence-electron chi connectivity index (χ3n) is 4.11. The van der Waals surface area contributed by atoms with Crippen molar-refractivity contribution in [3.05, 3.63) is 23.8 Å². The summed E-state index contributed by atoms with van der Waals surface area (Å²) in [4.78, 5) is 16.9. The third-order valence-corrected chi connectivity index (χ3v) is 4.11. The van der Waals surface area contributed by atoms with Gasteiger partial charge in [-0.05, 0) is 32.2 Å². The molecule has 0 saturated carbocycles. The van der Waals surface area contributed by atoms with Gasteiger partial charge >= 0.3 is 0 Å². The van der Waals surface area contributed by atoms with Gasteiger partial charge in [0.15, 0.2) is 0 Å². The fraction of sp³-hybridized carbons (Fsp3) is 0.533. The number of hydrogen-bond acceptors (Lipinski definition) is 4. The number of amides is 1. The summed E-state index contributed by atoms with van der Waals surface area (Å²) in [5.41, 5.74) is 2.89. The van der Waals surface area contributed by atoms with Crippen LogP contribution in [0.25, 0.3) is 0 Å². The van der Waals surface area contributed by atoms with Gasteiger partial charge < -0.3 is 20.4 Å². The molecule has 2 aliphatic heterocycles. The summed E-state index contributed by atoms with van der Waals surface area (Å²) in [5.74, 6) is 0.140. The summed E-state index contributed by atoms with van der Waals surface area (Å²) < 4.78 is 0. The van der Waals surface area contributed by atoms with Gasteiger partial charge in [-0.1, -0.05) is 0 Å². The Hall–Kier alpha value is -1.75. The lowest BCUT2D eigenvalue weighted by Gasteiger charge is -2.38. The summed E-state index contributed by atoms with van der Waals surface area (Å²) in [6.45, 7) is 6.63. The minimum absolute atomic E-state index is 0.140. The number of hydrogen-bond donors (Lipinski definition) is 2. The first-order valence-electron chi connectivity index (χ1n) is 7.26. The second-order valence-corrected chi connectivity index (χ2v) is 5.72. The van der Waals surface area contributed by atoms with Crippen LogP contribution in [0.4, 0.5) is 11.4 Å². The van der Waals surface area contributed by atoms with Crippen LogP contribution < -0.4 is 10.6 Å². The minimum atomic E-state index is 0.140. The Balaban J connectivity index is 1.80. The van der Waals surface area contributed by atoms with Crippen molar-refractivity contribution in [2.75, 3.05) is 50.4 Å². The highest BCUT2D eigenvalue weighted by Crippen LogP contribution is 2.26. The Labute approximate surface area is 119 Å². The van der Waals surface area contributed by atoms with Gasteiger partial charge in [0.2, 0.25) is 0 Å². The van der Waals surface area contributed by atoms with Gasteiger partial charge in [-0.25, -0.2) is 0 Å². The molecule has 2 heterocycles. The van der Waals surface area contributed by atoms with Gasteiger partial charge in [-0.2, -0.15) is 0 Å². The zero-order chi connectivity index (χ0) is 14.1. The molecule has 1 saturated heterocycles. The number of anilines is 2. The number of carbonyl (C=O) groups excluding carboxylic acids is 1. The number of benzene rings is 1. The molecule has 1 aromatic rings. The van der Waals surface area contributed by atoms with E-state index in [0.717, 1.165) is 49.7 Å². The lowest BCUT2D eigenvalue weighted by Crippen LogP contribution is -2.52. The normalized spacial score (nSPS) is 22.7. The predicted molar refractivity (Wildman–Crippen MR) is 81.4 cm³/mol. The molecule has 0 radical (unpaired) electrons. The molecule has 0 bridgehead atoms. The van der Waals surface area contributed by atoms with E-state index in [1.165, 1.54) is 0 Å². The van der Waals surface area contributed by atoms with Crippen LogP contribution in [-0.2, 0) is 0 Å². The van der Waals surface area contributed by atoms with E-state index in [0.29, 0.717) is 0 Å². The maximum Gasteiger partial charge on any atom is 0.254 e.